The molecular formula is C24H34ClN3O4. The standard InChI is InChI=1S/C24H34ClN3O4/c1-26-9-6-18(7-10-26)24(30)28-11-8-22(32-21-4-2-20(25)3-5-21)19(17-28)16-23(29)27-12-14-31-15-13-27/h2-5,18-19,22H,6-17H2,1H3/t19-,22-/m0/s1. The van der Waals surface area contributed by atoms with Gasteiger partial charge in [0, 0.05) is 55.9 Å². The Balaban J connectivity index is 1.43. The van der Waals surface area contributed by atoms with Gasteiger partial charge in [-0.3, -0.25) is 9.59 Å². The number of carbonyl (C=O) groups is 2. The van der Waals surface area contributed by atoms with E-state index in [1.165, 1.54) is 0 Å². The lowest BCUT2D eigenvalue weighted by Crippen LogP contribution is -2.52. The second-order valence-electron chi connectivity index (χ2n) is 9.22. The molecule has 0 aromatic heterocycles. The maximum Gasteiger partial charge on any atom is 0.225 e. The van der Waals surface area contributed by atoms with E-state index in [-0.39, 0.29) is 29.8 Å². The van der Waals surface area contributed by atoms with Gasteiger partial charge in [0.1, 0.15) is 11.9 Å². The van der Waals surface area contributed by atoms with E-state index >= 15 is 0 Å². The molecule has 0 unspecified atom stereocenters. The van der Waals surface area contributed by atoms with Gasteiger partial charge in [-0.1, -0.05) is 11.6 Å². The van der Waals surface area contributed by atoms with E-state index in [4.69, 9.17) is 21.1 Å². The van der Waals surface area contributed by atoms with E-state index in [1.807, 2.05) is 34.1 Å². The molecule has 4 rings (SSSR count). The molecule has 3 aliphatic heterocycles. The number of nitrogens with zero attached hydrogens (tertiary/aromatic N) is 3. The summed E-state index contributed by atoms with van der Waals surface area (Å²) in [6.45, 7) is 5.60. The Kier molecular flexibility index (Phi) is 7.92. The van der Waals surface area contributed by atoms with Crippen LogP contribution in [0.2, 0.25) is 5.02 Å². The molecule has 1 aromatic carbocycles. The Hall–Kier alpha value is -1.83. The number of hydrogen-bond donors (Lipinski definition) is 0. The molecule has 0 saturated carbocycles. The number of hydrogen-bond acceptors (Lipinski definition) is 5. The molecule has 3 heterocycles. The highest BCUT2D eigenvalue weighted by Crippen LogP contribution is 2.29. The van der Waals surface area contributed by atoms with Crippen LogP contribution in [0, 0.1) is 11.8 Å². The lowest BCUT2D eigenvalue weighted by Gasteiger charge is -2.41. The minimum absolute atomic E-state index is 0.0370. The molecule has 32 heavy (non-hydrogen) atoms. The maximum absolute atomic E-state index is 13.2. The van der Waals surface area contributed by atoms with E-state index in [2.05, 4.69) is 11.9 Å². The van der Waals surface area contributed by atoms with E-state index in [0.717, 1.165) is 38.1 Å². The molecule has 0 bridgehead atoms. The van der Waals surface area contributed by atoms with Crippen molar-refractivity contribution in [3.05, 3.63) is 29.3 Å². The third kappa shape index (κ3) is 5.94. The van der Waals surface area contributed by atoms with Crippen LogP contribution in [0.25, 0.3) is 0 Å². The number of benzene rings is 1. The van der Waals surface area contributed by atoms with Gasteiger partial charge in [0.25, 0.3) is 0 Å². The molecule has 0 N–H and O–H groups in total. The molecule has 3 saturated heterocycles. The predicted octanol–water partition coefficient (Wildman–Crippen LogP) is 2.53. The van der Waals surface area contributed by atoms with Gasteiger partial charge < -0.3 is 24.2 Å². The van der Waals surface area contributed by atoms with Gasteiger partial charge in [-0.15, -0.1) is 0 Å². The van der Waals surface area contributed by atoms with E-state index in [1.54, 1.807) is 0 Å². The largest absolute Gasteiger partial charge is 0.490 e. The van der Waals surface area contributed by atoms with Crippen molar-refractivity contribution in [1.29, 1.82) is 0 Å². The monoisotopic (exact) mass is 463 g/mol. The number of carbonyl (C=O) groups excluding carboxylic acids is 2. The van der Waals surface area contributed by atoms with Crippen LogP contribution >= 0.6 is 11.6 Å². The summed E-state index contributed by atoms with van der Waals surface area (Å²) in [5, 5.41) is 0.662. The fourth-order valence-electron chi connectivity index (χ4n) is 4.93. The van der Waals surface area contributed by atoms with E-state index < -0.39 is 0 Å². The minimum Gasteiger partial charge on any atom is -0.490 e. The van der Waals surface area contributed by atoms with Crippen molar-refractivity contribution in [2.75, 3.05) is 59.5 Å². The van der Waals surface area contributed by atoms with Crippen LogP contribution in [0.1, 0.15) is 25.7 Å². The van der Waals surface area contributed by atoms with Gasteiger partial charge in [-0.2, -0.15) is 0 Å². The highest BCUT2D eigenvalue weighted by Gasteiger charge is 2.37. The average Bonchev–Trinajstić information content (AvgIpc) is 2.82. The summed E-state index contributed by atoms with van der Waals surface area (Å²) in [5.74, 6) is 1.17. The molecule has 0 spiro atoms. The smallest absolute Gasteiger partial charge is 0.225 e. The Labute approximate surface area is 195 Å². The highest BCUT2D eigenvalue weighted by molar-refractivity contribution is 6.30. The zero-order chi connectivity index (χ0) is 22.5. The molecule has 8 heteroatoms. The van der Waals surface area contributed by atoms with Crippen molar-refractivity contribution in [2.45, 2.75) is 31.8 Å². The zero-order valence-corrected chi connectivity index (χ0v) is 19.6. The van der Waals surface area contributed by atoms with Gasteiger partial charge in [0.2, 0.25) is 11.8 Å². The van der Waals surface area contributed by atoms with Gasteiger partial charge in [0.05, 0.1) is 13.2 Å². The lowest BCUT2D eigenvalue weighted by molar-refractivity contribution is -0.144. The summed E-state index contributed by atoms with van der Waals surface area (Å²) in [7, 11) is 2.10. The Morgan fingerprint density at radius 1 is 1.00 bits per heavy atom. The number of piperidine rings is 2. The second kappa shape index (κ2) is 10.9. The SMILES string of the molecule is CN1CCC(C(=O)N2CC[C@H](Oc3ccc(Cl)cc3)[C@@H](CC(=O)N3CCOCC3)C2)CC1. The van der Waals surface area contributed by atoms with E-state index in [9.17, 15) is 9.59 Å². The third-order valence-corrected chi connectivity index (χ3v) is 7.20. The van der Waals surface area contributed by atoms with Crippen LogP contribution in [0.4, 0.5) is 0 Å². The number of halogens is 1. The number of morpholine rings is 1. The Bertz CT molecular complexity index is 776. The third-order valence-electron chi connectivity index (χ3n) is 6.95. The van der Waals surface area contributed by atoms with Crippen molar-refractivity contribution in [1.82, 2.24) is 14.7 Å². The van der Waals surface area contributed by atoms with Crippen molar-refractivity contribution >= 4 is 23.4 Å². The van der Waals surface area contributed by atoms with Crippen molar-refractivity contribution in [2.24, 2.45) is 11.8 Å². The first kappa shape index (κ1) is 23.3. The topological polar surface area (TPSA) is 62.3 Å². The zero-order valence-electron chi connectivity index (χ0n) is 18.9. The summed E-state index contributed by atoms with van der Waals surface area (Å²) < 4.78 is 11.7. The van der Waals surface area contributed by atoms with Crippen molar-refractivity contribution in [3.8, 4) is 5.75 Å². The summed E-state index contributed by atoms with van der Waals surface area (Å²) in [5.41, 5.74) is 0. The van der Waals surface area contributed by atoms with Crippen LogP contribution in [-0.2, 0) is 14.3 Å². The number of ether oxygens (including phenoxy) is 2. The summed E-state index contributed by atoms with van der Waals surface area (Å²) in [4.78, 5) is 32.4. The highest BCUT2D eigenvalue weighted by atomic mass is 35.5. The van der Waals surface area contributed by atoms with Crippen LogP contribution < -0.4 is 4.74 Å². The first-order valence-electron chi connectivity index (χ1n) is 11.7. The molecule has 2 atom stereocenters. The van der Waals surface area contributed by atoms with Crippen molar-refractivity contribution in [3.63, 3.8) is 0 Å². The van der Waals surface area contributed by atoms with Crippen LogP contribution in [0.3, 0.4) is 0 Å². The number of rotatable bonds is 5. The molecule has 3 aliphatic rings. The summed E-state index contributed by atoms with van der Waals surface area (Å²) >= 11 is 6.01. The summed E-state index contributed by atoms with van der Waals surface area (Å²) in [6, 6.07) is 7.34. The first-order chi connectivity index (χ1) is 15.5. The van der Waals surface area contributed by atoms with Crippen LogP contribution in [-0.4, -0.2) is 92.1 Å². The maximum atomic E-state index is 13.2. The van der Waals surface area contributed by atoms with Crippen LogP contribution in [0.15, 0.2) is 24.3 Å². The molecule has 2 amide bonds. The fraction of sp³-hybridized carbons (Fsp3) is 0.667. The number of likely N-dealkylation sites (tertiary alicyclic amines) is 2. The number of amides is 2. The minimum atomic E-state index is -0.109. The summed E-state index contributed by atoms with van der Waals surface area (Å²) in [6.07, 6.45) is 2.82. The molecule has 176 valence electrons. The second-order valence-corrected chi connectivity index (χ2v) is 9.65. The lowest BCUT2D eigenvalue weighted by atomic mass is 9.88. The molecule has 0 aliphatic carbocycles. The molecule has 1 aromatic rings. The average molecular weight is 464 g/mol. The van der Waals surface area contributed by atoms with Gasteiger partial charge in [0.15, 0.2) is 0 Å². The van der Waals surface area contributed by atoms with Gasteiger partial charge >= 0.3 is 0 Å². The Morgan fingerprint density at radius 2 is 1.69 bits per heavy atom. The fourth-order valence-corrected chi connectivity index (χ4v) is 5.06. The first-order valence-corrected chi connectivity index (χ1v) is 12.1. The van der Waals surface area contributed by atoms with E-state index in [0.29, 0.717) is 50.8 Å². The molecule has 0 radical (unpaired) electrons. The Morgan fingerprint density at radius 3 is 2.38 bits per heavy atom. The molecule has 3 fully saturated rings. The normalized spacial score (nSPS) is 25.6. The van der Waals surface area contributed by atoms with Gasteiger partial charge in [-0.25, -0.2) is 0 Å². The van der Waals surface area contributed by atoms with Crippen molar-refractivity contribution < 1.29 is 19.1 Å². The molecular weight excluding hydrogens is 430 g/mol. The molecule has 7 nitrogen and oxygen atoms in total. The quantitative estimate of drug-likeness (QED) is 0.671. The predicted molar refractivity (Wildman–Crippen MR) is 123 cm³/mol. The van der Waals surface area contributed by atoms with Gasteiger partial charge in [-0.05, 0) is 57.2 Å². The van der Waals surface area contributed by atoms with Crippen LogP contribution in [0.5, 0.6) is 5.75 Å².